The third-order valence-corrected chi connectivity index (χ3v) is 3.25. The Hall–Kier alpha value is -1.20. The lowest BCUT2D eigenvalue weighted by atomic mass is 10.0. The first-order chi connectivity index (χ1) is 9.69. The van der Waals surface area contributed by atoms with Crippen molar-refractivity contribution in [3.05, 3.63) is 29.8 Å². The fourth-order valence-corrected chi connectivity index (χ4v) is 2.01. The molecule has 0 spiro atoms. The van der Waals surface area contributed by atoms with Crippen LogP contribution in [0.25, 0.3) is 0 Å². The molecule has 1 atom stereocenters. The van der Waals surface area contributed by atoms with Crippen molar-refractivity contribution in [1.29, 1.82) is 0 Å². The third kappa shape index (κ3) is 5.06. The molecule has 0 bridgehead atoms. The average molecular weight is 285 g/mol. The molecule has 1 aromatic rings. The van der Waals surface area contributed by atoms with Gasteiger partial charge in [0.15, 0.2) is 0 Å². The minimum absolute atomic E-state index is 0.0997. The third-order valence-electron chi connectivity index (χ3n) is 3.25. The average Bonchev–Trinajstić information content (AvgIpc) is 3.24. The highest BCUT2D eigenvalue weighted by Crippen LogP contribution is 2.27. The van der Waals surface area contributed by atoms with Crippen molar-refractivity contribution in [2.75, 3.05) is 20.3 Å². The lowest BCUT2D eigenvalue weighted by molar-refractivity contribution is 0.0145. The van der Waals surface area contributed by atoms with Crippen LogP contribution >= 0.6 is 0 Å². The first-order valence-electron chi connectivity index (χ1n) is 6.99. The van der Waals surface area contributed by atoms with Crippen molar-refractivity contribution in [3.8, 4) is 5.75 Å². The van der Waals surface area contributed by atoms with E-state index >= 15 is 0 Å². The van der Waals surface area contributed by atoms with Crippen LogP contribution < -0.4 is 10.1 Å². The fourth-order valence-electron chi connectivity index (χ4n) is 2.01. The van der Waals surface area contributed by atoms with Gasteiger partial charge in [-0.2, -0.15) is 0 Å². The van der Waals surface area contributed by atoms with Crippen LogP contribution in [0, 0.1) is 0 Å². The molecule has 3 nitrogen and oxygen atoms in total. The molecule has 0 aliphatic heterocycles. The molecule has 1 unspecified atom stereocenters. The highest BCUT2D eigenvalue weighted by atomic mass is 19.3. The first kappa shape index (κ1) is 15.2. The number of hydrogen-bond acceptors (Lipinski definition) is 3. The summed E-state index contributed by atoms with van der Waals surface area (Å²) >= 11 is 0. The van der Waals surface area contributed by atoms with Gasteiger partial charge in [0, 0.05) is 12.6 Å². The van der Waals surface area contributed by atoms with E-state index in [4.69, 9.17) is 9.47 Å². The van der Waals surface area contributed by atoms with Gasteiger partial charge in [-0.1, -0.05) is 12.1 Å². The van der Waals surface area contributed by atoms with Gasteiger partial charge in [-0.15, -0.1) is 0 Å². The summed E-state index contributed by atoms with van der Waals surface area (Å²) in [6.45, 7) is -0.180. The molecular formula is C15H21F2NO2. The van der Waals surface area contributed by atoms with Crippen LogP contribution in [-0.4, -0.2) is 32.8 Å². The molecule has 1 fully saturated rings. The normalized spacial score (nSPS) is 16.4. The highest BCUT2D eigenvalue weighted by Gasteiger charge is 2.23. The van der Waals surface area contributed by atoms with E-state index in [9.17, 15) is 8.78 Å². The van der Waals surface area contributed by atoms with Gasteiger partial charge in [0.1, 0.15) is 12.4 Å². The van der Waals surface area contributed by atoms with Crippen LogP contribution in [0.3, 0.4) is 0 Å². The SMILES string of the molecule is CNC(CCOCC(F)F)c1ccc(OC2CC2)cc1. The van der Waals surface area contributed by atoms with Gasteiger partial charge in [0.05, 0.1) is 6.10 Å². The van der Waals surface area contributed by atoms with E-state index in [1.807, 2.05) is 31.3 Å². The number of nitrogens with one attached hydrogen (secondary N) is 1. The molecule has 1 N–H and O–H groups in total. The van der Waals surface area contributed by atoms with Gasteiger partial charge >= 0.3 is 0 Å². The first-order valence-corrected chi connectivity index (χ1v) is 6.99. The van der Waals surface area contributed by atoms with Crippen LogP contribution in [-0.2, 0) is 4.74 Å². The maximum absolute atomic E-state index is 12.0. The number of alkyl halides is 2. The second-order valence-electron chi connectivity index (χ2n) is 4.98. The lowest BCUT2D eigenvalue weighted by Gasteiger charge is -2.17. The number of benzene rings is 1. The van der Waals surface area contributed by atoms with Crippen molar-refractivity contribution < 1.29 is 18.3 Å². The Morgan fingerprint density at radius 2 is 1.95 bits per heavy atom. The molecule has 20 heavy (non-hydrogen) atoms. The van der Waals surface area contributed by atoms with E-state index in [0.717, 1.165) is 24.2 Å². The molecular weight excluding hydrogens is 264 g/mol. The summed E-state index contributed by atoms with van der Waals surface area (Å²) in [5, 5.41) is 3.17. The summed E-state index contributed by atoms with van der Waals surface area (Å²) in [5.41, 5.74) is 1.11. The standard InChI is InChI=1S/C15H21F2NO2/c1-18-14(8-9-19-10-15(16)17)11-2-4-12(5-3-11)20-13-6-7-13/h2-5,13-15,18H,6-10H2,1H3. The van der Waals surface area contributed by atoms with Crippen molar-refractivity contribution in [2.24, 2.45) is 0 Å². The molecule has 1 saturated carbocycles. The maximum Gasteiger partial charge on any atom is 0.261 e. The van der Waals surface area contributed by atoms with E-state index in [-0.39, 0.29) is 6.04 Å². The summed E-state index contributed by atoms with van der Waals surface area (Å²) in [6.07, 6.45) is 0.933. The van der Waals surface area contributed by atoms with E-state index < -0.39 is 13.0 Å². The van der Waals surface area contributed by atoms with Crippen molar-refractivity contribution in [1.82, 2.24) is 5.32 Å². The zero-order valence-electron chi connectivity index (χ0n) is 11.6. The summed E-state index contributed by atoms with van der Waals surface area (Å²) < 4.78 is 34.5. The Morgan fingerprint density at radius 3 is 2.50 bits per heavy atom. The monoisotopic (exact) mass is 285 g/mol. The second-order valence-corrected chi connectivity index (χ2v) is 4.98. The van der Waals surface area contributed by atoms with Gasteiger partial charge in [-0.3, -0.25) is 0 Å². The fraction of sp³-hybridized carbons (Fsp3) is 0.600. The van der Waals surface area contributed by atoms with E-state index in [1.54, 1.807) is 0 Å². The van der Waals surface area contributed by atoms with E-state index in [1.165, 1.54) is 0 Å². The zero-order chi connectivity index (χ0) is 14.4. The molecule has 0 saturated heterocycles. The van der Waals surface area contributed by atoms with Crippen LogP contribution in [0.5, 0.6) is 5.75 Å². The van der Waals surface area contributed by atoms with Crippen LogP contribution in [0.4, 0.5) is 8.78 Å². The summed E-state index contributed by atoms with van der Waals surface area (Å²) in [4.78, 5) is 0. The summed E-state index contributed by atoms with van der Waals surface area (Å²) in [7, 11) is 1.85. The predicted octanol–water partition coefficient (Wildman–Crippen LogP) is 3.16. The molecule has 0 radical (unpaired) electrons. The maximum atomic E-state index is 12.0. The van der Waals surface area contributed by atoms with Crippen molar-refractivity contribution in [2.45, 2.75) is 37.8 Å². The van der Waals surface area contributed by atoms with Crippen LogP contribution in [0.1, 0.15) is 30.9 Å². The van der Waals surface area contributed by atoms with Crippen LogP contribution in [0.2, 0.25) is 0 Å². The van der Waals surface area contributed by atoms with Gasteiger partial charge in [-0.05, 0) is 44.0 Å². The molecule has 5 heteroatoms. The Morgan fingerprint density at radius 1 is 1.25 bits per heavy atom. The minimum atomic E-state index is -2.40. The Kier molecular flexibility index (Phi) is 5.73. The Labute approximate surface area is 118 Å². The van der Waals surface area contributed by atoms with Crippen molar-refractivity contribution in [3.63, 3.8) is 0 Å². The van der Waals surface area contributed by atoms with Gasteiger partial charge in [0.25, 0.3) is 6.43 Å². The van der Waals surface area contributed by atoms with Gasteiger partial charge < -0.3 is 14.8 Å². The largest absolute Gasteiger partial charge is 0.490 e. The molecule has 1 aliphatic rings. The number of ether oxygens (including phenoxy) is 2. The highest BCUT2D eigenvalue weighted by molar-refractivity contribution is 5.29. The molecule has 1 aromatic carbocycles. The van der Waals surface area contributed by atoms with Gasteiger partial charge in [0.2, 0.25) is 0 Å². The molecule has 2 rings (SSSR count). The number of halogens is 2. The predicted molar refractivity (Wildman–Crippen MR) is 73.3 cm³/mol. The smallest absolute Gasteiger partial charge is 0.261 e. The van der Waals surface area contributed by atoms with Crippen molar-refractivity contribution >= 4 is 0 Å². The molecule has 1 aliphatic carbocycles. The lowest BCUT2D eigenvalue weighted by Crippen LogP contribution is -2.19. The molecule has 0 amide bonds. The minimum Gasteiger partial charge on any atom is -0.490 e. The van der Waals surface area contributed by atoms with Crippen LogP contribution in [0.15, 0.2) is 24.3 Å². The molecule has 0 aromatic heterocycles. The Balaban J connectivity index is 1.79. The van der Waals surface area contributed by atoms with E-state index in [2.05, 4.69) is 5.32 Å². The number of rotatable bonds is 9. The van der Waals surface area contributed by atoms with E-state index in [0.29, 0.717) is 19.1 Å². The van der Waals surface area contributed by atoms with Gasteiger partial charge in [-0.25, -0.2) is 8.78 Å². The Bertz CT molecular complexity index is 393. The number of hydrogen-bond donors (Lipinski definition) is 1. The second kappa shape index (κ2) is 7.55. The topological polar surface area (TPSA) is 30.5 Å². The summed E-state index contributed by atoms with van der Waals surface area (Å²) in [5.74, 6) is 0.889. The molecule has 112 valence electrons. The molecule has 0 heterocycles. The zero-order valence-corrected chi connectivity index (χ0v) is 11.6. The quantitative estimate of drug-likeness (QED) is 0.707. The summed E-state index contributed by atoms with van der Waals surface area (Å²) in [6, 6.07) is 8.02.